The Morgan fingerprint density at radius 3 is 2.68 bits per heavy atom. The molecular weight excluding hydrogens is 248 g/mol. The largest absolute Gasteiger partial charge is 0.334 e. The van der Waals surface area contributed by atoms with Crippen molar-refractivity contribution in [3.05, 3.63) is 29.6 Å². The highest BCUT2D eigenvalue weighted by atomic mass is 16.7. The summed E-state index contributed by atoms with van der Waals surface area (Å²) in [6.45, 7) is 2.12. The van der Waals surface area contributed by atoms with E-state index in [2.05, 4.69) is 20.5 Å². The fourth-order valence-corrected chi connectivity index (χ4v) is 1.22. The lowest BCUT2D eigenvalue weighted by Gasteiger charge is -2.14. The van der Waals surface area contributed by atoms with Crippen molar-refractivity contribution in [3.8, 4) is 0 Å². The third kappa shape index (κ3) is 5.35. The van der Waals surface area contributed by atoms with E-state index in [9.17, 15) is 9.59 Å². The van der Waals surface area contributed by atoms with E-state index in [-0.39, 0.29) is 12.5 Å². The second-order valence-electron chi connectivity index (χ2n) is 3.92. The first-order valence-electron chi connectivity index (χ1n) is 5.77. The number of rotatable bonds is 5. The Balaban J connectivity index is 2.28. The maximum Gasteiger partial charge on any atom is 0.315 e. The standard InChI is InChI=1S/C12H18N4O3/c1-9-4-5-10(6-13-9)7-14-12(18)15-8-11(17)16(2)19-3/h4-6H,7-8H2,1-3H3,(H2,14,15,18). The Bertz CT molecular complexity index is 433. The van der Waals surface area contributed by atoms with Gasteiger partial charge in [0, 0.05) is 25.5 Å². The maximum atomic E-state index is 11.4. The highest BCUT2D eigenvalue weighted by molar-refractivity contribution is 5.83. The quantitative estimate of drug-likeness (QED) is 0.746. The van der Waals surface area contributed by atoms with Gasteiger partial charge in [0.2, 0.25) is 0 Å². The third-order valence-corrected chi connectivity index (χ3v) is 2.45. The van der Waals surface area contributed by atoms with Crippen molar-refractivity contribution in [3.63, 3.8) is 0 Å². The molecule has 0 aliphatic carbocycles. The second-order valence-corrected chi connectivity index (χ2v) is 3.92. The van der Waals surface area contributed by atoms with Gasteiger partial charge in [0.1, 0.15) is 6.54 Å². The summed E-state index contributed by atoms with van der Waals surface area (Å²) in [6.07, 6.45) is 1.69. The number of carbonyl (C=O) groups excluding carboxylic acids is 2. The van der Waals surface area contributed by atoms with E-state index in [4.69, 9.17) is 0 Å². The number of nitrogens with one attached hydrogen (secondary N) is 2. The van der Waals surface area contributed by atoms with Gasteiger partial charge in [-0.3, -0.25) is 14.6 Å². The van der Waals surface area contributed by atoms with Gasteiger partial charge < -0.3 is 10.6 Å². The van der Waals surface area contributed by atoms with Crippen molar-refractivity contribution in [1.29, 1.82) is 0 Å². The molecule has 7 nitrogen and oxygen atoms in total. The monoisotopic (exact) mass is 266 g/mol. The normalized spacial score (nSPS) is 9.84. The van der Waals surface area contributed by atoms with Crippen LogP contribution < -0.4 is 10.6 Å². The summed E-state index contributed by atoms with van der Waals surface area (Å²) in [7, 11) is 2.85. The average molecular weight is 266 g/mol. The van der Waals surface area contributed by atoms with E-state index in [1.807, 2.05) is 19.1 Å². The van der Waals surface area contributed by atoms with Crippen LogP contribution >= 0.6 is 0 Å². The molecule has 3 amide bonds. The van der Waals surface area contributed by atoms with Crippen LogP contribution in [0.5, 0.6) is 0 Å². The van der Waals surface area contributed by atoms with Gasteiger partial charge in [0.15, 0.2) is 0 Å². The van der Waals surface area contributed by atoms with Gasteiger partial charge in [0.05, 0.1) is 7.11 Å². The van der Waals surface area contributed by atoms with Gasteiger partial charge in [-0.05, 0) is 18.6 Å². The van der Waals surface area contributed by atoms with E-state index in [0.717, 1.165) is 16.3 Å². The first-order chi connectivity index (χ1) is 9.02. The molecule has 2 N–H and O–H groups in total. The molecule has 1 rings (SSSR count). The zero-order valence-electron chi connectivity index (χ0n) is 11.3. The number of hydroxylamine groups is 2. The van der Waals surface area contributed by atoms with Crippen LogP contribution in [0, 0.1) is 6.92 Å². The molecule has 0 radical (unpaired) electrons. The molecule has 104 valence electrons. The number of nitrogens with zero attached hydrogens (tertiary/aromatic N) is 2. The molecule has 0 atom stereocenters. The van der Waals surface area contributed by atoms with E-state index in [1.54, 1.807) is 6.20 Å². The second kappa shape index (κ2) is 7.32. The van der Waals surface area contributed by atoms with Crippen LogP contribution in [0.25, 0.3) is 0 Å². The lowest BCUT2D eigenvalue weighted by molar-refractivity contribution is -0.167. The van der Waals surface area contributed by atoms with E-state index in [1.165, 1.54) is 14.2 Å². The molecule has 0 saturated carbocycles. The molecule has 1 heterocycles. The number of amides is 3. The molecule has 0 unspecified atom stereocenters. The third-order valence-electron chi connectivity index (χ3n) is 2.45. The summed E-state index contributed by atoms with van der Waals surface area (Å²) >= 11 is 0. The number of hydrogen-bond acceptors (Lipinski definition) is 4. The Morgan fingerprint density at radius 2 is 2.11 bits per heavy atom. The van der Waals surface area contributed by atoms with E-state index < -0.39 is 6.03 Å². The van der Waals surface area contributed by atoms with Gasteiger partial charge in [-0.2, -0.15) is 0 Å². The van der Waals surface area contributed by atoms with Crippen LogP contribution in [0.4, 0.5) is 4.79 Å². The van der Waals surface area contributed by atoms with Crippen molar-refractivity contribution in [1.82, 2.24) is 20.7 Å². The van der Waals surface area contributed by atoms with Crippen molar-refractivity contribution in [2.45, 2.75) is 13.5 Å². The molecule has 1 aromatic heterocycles. The highest BCUT2D eigenvalue weighted by Crippen LogP contribution is 1.98. The number of aryl methyl sites for hydroxylation is 1. The fraction of sp³-hybridized carbons (Fsp3) is 0.417. The first kappa shape index (κ1) is 14.9. The summed E-state index contributed by atoms with van der Waals surface area (Å²) < 4.78 is 0. The molecule has 0 fully saturated rings. The van der Waals surface area contributed by atoms with Crippen molar-refractivity contribution in [2.24, 2.45) is 0 Å². The van der Waals surface area contributed by atoms with Gasteiger partial charge in [0.25, 0.3) is 5.91 Å². The lowest BCUT2D eigenvalue weighted by atomic mass is 10.2. The molecule has 19 heavy (non-hydrogen) atoms. The van der Waals surface area contributed by atoms with Crippen molar-refractivity contribution in [2.75, 3.05) is 20.7 Å². The molecule has 0 aliphatic heterocycles. The summed E-state index contributed by atoms with van der Waals surface area (Å²) in [5.74, 6) is -0.338. The maximum absolute atomic E-state index is 11.4. The van der Waals surface area contributed by atoms with Gasteiger partial charge in [-0.15, -0.1) is 0 Å². The molecule has 0 spiro atoms. The summed E-state index contributed by atoms with van der Waals surface area (Å²) in [4.78, 5) is 31.6. The molecule has 0 bridgehead atoms. The molecule has 0 saturated heterocycles. The number of carbonyl (C=O) groups is 2. The smallest absolute Gasteiger partial charge is 0.315 e. The van der Waals surface area contributed by atoms with Crippen LogP contribution in [-0.2, 0) is 16.2 Å². The first-order valence-corrected chi connectivity index (χ1v) is 5.77. The Labute approximate surface area is 111 Å². The predicted molar refractivity (Wildman–Crippen MR) is 69.0 cm³/mol. The zero-order valence-corrected chi connectivity index (χ0v) is 11.3. The number of urea groups is 1. The minimum absolute atomic E-state index is 0.123. The van der Waals surface area contributed by atoms with Crippen molar-refractivity contribution < 1.29 is 14.4 Å². The minimum Gasteiger partial charge on any atom is -0.334 e. The van der Waals surface area contributed by atoms with Crippen LogP contribution in [0.15, 0.2) is 18.3 Å². The average Bonchev–Trinajstić information content (AvgIpc) is 2.43. The predicted octanol–water partition coefficient (Wildman–Crippen LogP) is 0.209. The molecule has 1 aromatic rings. The summed E-state index contributed by atoms with van der Waals surface area (Å²) in [6, 6.07) is 3.33. The van der Waals surface area contributed by atoms with Gasteiger partial charge in [-0.25, -0.2) is 9.86 Å². The number of pyridine rings is 1. The highest BCUT2D eigenvalue weighted by Gasteiger charge is 2.09. The Hall–Kier alpha value is -2.15. The topological polar surface area (TPSA) is 83.6 Å². The SMILES string of the molecule is CON(C)C(=O)CNC(=O)NCc1ccc(C)nc1. The van der Waals surface area contributed by atoms with E-state index >= 15 is 0 Å². The number of aromatic nitrogens is 1. The Kier molecular flexibility index (Phi) is 5.74. The van der Waals surface area contributed by atoms with Crippen molar-refractivity contribution >= 4 is 11.9 Å². The van der Waals surface area contributed by atoms with Crippen LogP contribution in [-0.4, -0.2) is 42.7 Å². The number of likely N-dealkylation sites (N-methyl/N-ethyl adjacent to an activating group) is 1. The zero-order chi connectivity index (χ0) is 14.3. The molecule has 0 aliphatic rings. The molecule has 7 heteroatoms. The van der Waals surface area contributed by atoms with Crippen LogP contribution in [0.1, 0.15) is 11.3 Å². The molecular formula is C12H18N4O3. The lowest BCUT2D eigenvalue weighted by Crippen LogP contribution is -2.42. The van der Waals surface area contributed by atoms with E-state index in [0.29, 0.717) is 6.54 Å². The fourth-order valence-electron chi connectivity index (χ4n) is 1.22. The Morgan fingerprint density at radius 1 is 1.37 bits per heavy atom. The van der Waals surface area contributed by atoms with Crippen LogP contribution in [0.3, 0.4) is 0 Å². The minimum atomic E-state index is -0.418. The molecule has 0 aromatic carbocycles. The summed E-state index contributed by atoms with van der Waals surface area (Å²) in [5, 5.41) is 6.11. The summed E-state index contributed by atoms with van der Waals surface area (Å²) in [5.41, 5.74) is 1.81. The van der Waals surface area contributed by atoms with Gasteiger partial charge >= 0.3 is 6.03 Å². The van der Waals surface area contributed by atoms with Gasteiger partial charge in [-0.1, -0.05) is 6.07 Å². The van der Waals surface area contributed by atoms with Crippen LogP contribution in [0.2, 0.25) is 0 Å². The number of hydrogen-bond donors (Lipinski definition) is 2.